The van der Waals surface area contributed by atoms with Crippen LogP contribution in [0.2, 0.25) is 0 Å². The molecule has 1 aromatic carbocycles. The molecule has 2 rings (SSSR count). The lowest BCUT2D eigenvalue weighted by atomic mass is 10.1. The quantitative estimate of drug-likeness (QED) is 0.671. The van der Waals surface area contributed by atoms with Gasteiger partial charge in [0.1, 0.15) is 17.6 Å². The van der Waals surface area contributed by atoms with E-state index in [2.05, 4.69) is 0 Å². The van der Waals surface area contributed by atoms with Crippen molar-refractivity contribution in [1.82, 2.24) is 9.80 Å². The third-order valence-corrected chi connectivity index (χ3v) is 3.97. The van der Waals surface area contributed by atoms with Gasteiger partial charge in [-0.1, -0.05) is 0 Å². The Bertz CT molecular complexity index is 564. The first-order valence-electron chi connectivity index (χ1n) is 7.98. The van der Waals surface area contributed by atoms with Gasteiger partial charge in [-0.15, -0.1) is 0 Å². The highest BCUT2D eigenvalue weighted by Crippen LogP contribution is 2.14. The van der Waals surface area contributed by atoms with Gasteiger partial charge in [0.05, 0.1) is 19.8 Å². The standard InChI is InChI=1S/C17H23FN2O4/c1-13-17(22)19(9-11-23-2)12-16(21)20(13)8-3-10-24-15-6-4-14(18)5-7-15/h4-7,13H,3,8-12H2,1-2H3/t13-/m0/s1. The predicted octanol–water partition coefficient (Wildman–Crippen LogP) is 1.30. The number of rotatable bonds is 8. The normalized spacial score (nSPS) is 18.2. The van der Waals surface area contributed by atoms with Crippen LogP contribution in [0.15, 0.2) is 24.3 Å². The molecule has 24 heavy (non-hydrogen) atoms. The molecule has 1 atom stereocenters. The van der Waals surface area contributed by atoms with Crippen molar-refractivity contribution in [2.45, 2.75) is 19.4 Å². The number of methoxy groups -OCH3 is 1. The zero-order valence-electron chi connectivity index (χ0n) is 14.0. The van der Waals surface area contributed by atoms with Crippen molar-refractivity contribution in [3.8, 4) is 5.75 Å². The SMILES string of the molecule is COCCN1CC(=O)N(CCCOc2ccc(F)cc2)[C@@H](C)C1=O. The number of benzene rings is 1. The number of carbonyl (C=O) groups excluding carboxylic acids is 2. The molecule has 1 heterocycles. The van der Waals surface area contributed by atoms with Crippen molar-refractivity contribution >= 4 is 11.8 Å². The van der Waals surface area contributed by atoms with E-state index in [4.69, 9.17) is 9.47 Å². The average Bonchev–Trinajstić information content (AvgIpc) is 2.57. The summed E-state index contributed by atoms with van der Waals surface area (Å²) in [5.74, 6) is 0.133. The van der Waals surface area contributed by atoms with Crippen LogP contribution in [0.3, 0.4) is 0 Å². The van der Waals surface area contributed by atoms with Crippen molar-refractivity contribution in [3.63, 3.8) is 0 Å². The molecule has 1 aromatic rings. The van der Waals surface area contributed by atoms with Crippen LogP contribution in [0.5, 0.6) is 5.75 Å². The Balaban J connectivity index is 1.78. The van der Waals surface area contributed by atoms with Gasteiger partial charge < -0.3 is 19.3 Å². The highest BCUT2D eigenvalue weighted by molar-refractivity contribution is 5.94. The van der Waals surface area contributed by atoms with Crippen LogP contribution in [-0.2, 0) is 14.3 Å². The Morgan fingerprint density at radius 1 is 1.17 bits per heavy atom. The minimum Gasteiger partial charge on any atom is -0.494 e. The van der Waals surface area contributed by atoms with Crippen molar-refractivity contribution in [2.24, 2.45) is 0 Å². The Hall–Kier alpha value is -2.15. The first kappa shape index (κ1) is 18.2. The highest BCUT2D eigenvalue weighted by atomic mass is 19.1. The Labute approximate surface area is 141 Å². The van der Waals surface area contributed by atoms with Gasteiger partial charge in [0.25, 0.3) is 0 Å². The molecule has 1 aliphatic heterocycles. The summed E-state index contributed by atoms with van der Waals surface area (Å²) in [6, 6.07) is 5.30. The molecule has 6 nitrogen and oxygen atoms in total. The van der Waals surface area contributed by atoms with Crippen molar-refractivity contribution in [3.05, 3.63) is 30.1 Å². The summed E-state index contributed by atoms with van der Waals surface area (Å²) < 4.78 is 23.3. The molecule has 1 fully saturated rings. The molecule has 0 saturated carbocycles. The number of halogens is 1. The van der Waals surface area contributed by atoms with Gasteiger partial charge in [-0.2, -0.15) is 0 Å². The van der Waals surface area contributed by atoms with Gasteiger partial charge in [0, 0.05) is 20.2 Å². The number of hydrogen-bond donors (Lipinski definition) is 0. The highest BCUT2D eigenvalue weighted by Gasteiger charge is 2.35. The first-order valence-corrected chi connectivity index (χ1v) is 7.98. The minimum atomic E-state index is -0.478. The molecule has 0 aliphatic carbocycles. The number of nitrogens with zero attached hydrogens (tertiary/aromatic N) is 2. The molecule has 0 radical (unpaired) electrons. The largest absolute Gasteiger partial charge is 0.494 e. The van der Waals surface area contributed by atoms with E-state index in [-0.39, 0.29) is 24.2 Å². The van der Waals surface area contributed by atoms with E-state index < -0.39 is 6.04 Å². The summed E-state index contributed by atoms with van der Waals surface area (Å²) in [6.07, 6.45) is 0.596. The second-order valence-electron chi connectivity index (χ2n) is 5.67. The molecule has 0 aromatic heterocycles. The summed E-state index contributed by atoms with van der Waals surface area (Å²) in [5.41, 5.74) is 0. The van der Waals surface area contributed by atoms with Gasteiger partial charge in [0.15, 0.2) is 0 Å². The molecule has 0 spiro atoms. The average molecular weight is 338 g/mol. The van der Waals surface area contributed by atoms with E-state index in [1.54, 1.807) is 31.1 Å². The van der Waals surface area contributed by atoms with E-state index in [1.165, 1.54) is 17.0 Å². The Morgan fingerprint density at radius 3 is 2.54 bits per heavy atom. The molecule has 1 aliphatic rings. The molecule has 2 amide bonds. The van der Waals surface area contributed by atoms with E-state index in [0.29, 0.717) is 38.5 Å². The van der Waals surface area contributed by atoms with Crippen LogP contribution < -0.4 is 4.74 Å². The van der Waals surface area contributed by atoms with E-state index in [0.717, 1.165) is 0 Å². The van der Waals surface area contributed by atoms with Gasteiger partial charge in [-0.3, -0.25) is 9.59 Å². The zero-order valence-corrected chi connectivity index (χ0v) is 14.0. The van der Waals surface area contributed by atoms with Crippen LogP contribution in [0.25, 0.3) is 0 Å². The third-order valence-electron chi connectivity index (χ3n) is 3.97. The van der Waals surface area contributed by atoms with Crippen LogP contribution in [0.4, 0.5) is 4.39 Å². The maximum absolute atomic E-state index is 12.8. The summed E-state index contributed by atoms with van der Waals surface area (Å²) >= 11 is 0. The molecule has 0 unspecified atom stereocenters. The Morgan fingerprint density at radius 2 is 1.88 bits per heavy atom. The second-order valence-corrected chi connectivity index (χ2v) is 5.67. The van der Waals surface area contributed by atoms with E-state index >= 15 is 0 Å². The van der Waals surface area contributed by atoms with Crippen LogP contribution >= 0.6 is 0 Å². The molecular formula is C17H23FN2O4. The molecule has 0 bridgehead atoms. The number of ether oxygens (including phenoxy) is 2. The molecule has 132 valence electrons. The first-order chi connectivity index (χ1) is 11.5. The van der Waals surface area contributed by atoms with E-state index in [1.807, 2.05) is 0 Å². The fraction of sp³-hybridized carbons (Fsp3) is 0.529. The predicted molar refractivity (Wildman–Crippen MR) is 86.1 cm³/mol. The molecule has 0 N–H and O–H groups in total. The maximum atomic E-state index is 12.8. The second kappa shape index (κ2) is 8.63. The topological polar surface area (TPSA) is 59.1 Å². The van der Waals surface area contributed by atoms with Crippen molar-refractivity contribution in [1.29, 1.82) is 0 Å². The number of amides is 2. The third kappa shape index (κ3) is 4.67. The molecule has 1 saturated heterocycles. The molecule has 7 heteroatoms. The summed E-state index contributed by atoms with van der Waals surface area (Å²) in [6.45, 7) is 3.50. The van der Waals surface area contributed by atoms with Gasteiger partial charge in [0.2, 0.25) is 11.8 Å². The molecular weight excluding hydrogens is 315 g/mol. The van der Waals surface area contributed by atoms with Crippen LogP contribution in [0, 0.1) is 5.82 Å². The smallest absolute Gasteiger partial charge is 0.245 e. The Kier molecular flexibility index (Phi) is 6.54. The summed E-state index contributed by atoms with van der Waals surface area (Å²) in [5, 5.41) is 0. The fourth-order valence-electron chi connectivity index (χ4n) is 2.61. The minimum absolute atomic E-state index is 0.0638. The summed E-state index contributed by atoms with van der Waals surface area (Å²) in [7, 11) is 1.56. The zero-order chi connectivity index (χ0) is 17.5. The number of hydrogen-bond acceptors (Lipinski definition) is 4. The van der Waals surface area contributed by atoms with Crippen LogP contribution in [-0.4, -0.2) is 67.6 Å². The van der Waals surface area contributed by atoms with Crippen molar-refractivity contribution in [2.75, 3.05) is 40.0 Å². The van der Waals surface area contributed by atoms with Gasteiger partial charge >= 0.3 is 0 Å². The summed E-state index contributed by atoms with van der Waals surface area (Å²) in [4.78, 5) is 27.6. The number of carbonyl (C=O) groups is 2. The van der Waals surface area contributed by atoms with Crippen molar-refractivity contribution < 1.29 is 23.5 Å². The van der Waals surface area contributed by atoms with Gasteiger partial charge in [-0.05, 0) is 37.6 Å². The lowest BCUT2D eigenvalue weighted by molar-refractivity contribution is -0.155. The lowest BCUT2D eigenvalue weighted by Crippen LogP contribution is -2.59. The monoisotopic (exact) mass is 338 g/mol. The van der Waals surface area contributed by atoms with Crippen LogP contribution in [0.1, 0.15) is 13.3 Å². The van der Waals surface area contributed by atoms with Gasteiger partial charge in [-0.25, -0.2) is 4.39 Å². The number of piperazine rings is 1. The van der Waals surface area contributed by atoms with E-state index in [9.17, 15) is 14.0 Å². The maximum Gasteiger partial charge on any atom is 0.245 e. The lowest BCUT2D eigenvalue weighted by Gasteiger charge is -2.38. The fourth-order valence-corrected chi connectivity index (χ4v) is 2.61.